The molecular weight excluding hydrogens is 236 g/mol. The Morgan fingerprint density at radius 2 is 2.00 bits per heavy atom. The van der Waals surface area contributed by atoms with Crippen molar-refractivity contribution < 1.29 is 5.11 Å². The van der Waals surface area contributed by atoms with Crippen molar-refractivity contribution in [2.75, 3.05) is 7.05 Å². The van der Waals surface area contributed by atoms with Gasteiger partial charge in [-0.15, -0.1) is 0 Å². The molecule has 2 fully saturated rings. The summed E-state index contributed by atoms with van der Waals surface area (Å²) >= 11 is 5.79. The molecule has 3 heterocycles. The second-order valence-corrected chi connectivity index (χ2v) is 5.75. The molecule has 2 aliphatic heterocycles. The van der Waals surface area contributed by atoms with Crippen LogP contribution in [0.4, 0.5) is 0 Å². The molecule has 2 bridgehead atoms. The summed E-state index contributed by atoms with van der Waals surface area (Å²) in [7, 11) is 2.17. The van der Waals surface area contributed by atoms with E-state index in [4.69, 9.17) is 11.6 Å². The Hall–Kier alpha value is -0.640. The van der Waals surface area contributed by atoms with E-state index in [9.17, 15) is 5.11 Å². The molecule has 3 nitrogen and oxygen atoms in total. The highest BCUT2D eigenvalue weighted by atomic mass is 35.5. The number of hydrogen-bond donors (Lipinski definition) is 1. The van der Waals surface area contributed by atoms with Crippen LogP contribution in [0.25, 0.3) is 0 Å². The van der Waals surface area contributed by atoms with Crippen molar-refractivity contribution in [2.24, 2.45) is 0 Å². The third-order valence-electron chi connectivity index (χ3n) is 4.40. The van der Waals surface area contributed by atoms with Gasteiger partial charge in [0.15, 0.2) is 0 Å². The highest BCUT2D eigenvalue weighted by Crippen LogP contribution is 2.44. The fourth-order valence-corrected chi connectivity index (χ4v) is 3.44. The number of halogens is 1. The van der Waals surface area contributed by atoms with E-state index >= 15 is 0 Å². The van der Waals surface area contributed by atoms with E-state index in [0.717, 1.165) is 18.4 Å². The molecule has 0 aliphatic carbocycles. The fraction of sp³-hybridized carbons (Fsp3) is 0.615. The number of piperidine rings is 1. The second-order valence-electron chi connectivity index (χ2n) is 5.36. The molecule has 3 atom stereocenters. The maximum absolute atomic E-state index is 10.8. The largest absolute Gasteiger partial charge is 0.385 e. The van der Waals surface area contributed by atoms with Gasteiger partial charge < -0.3 is 10.0 Å². The van der Waals surface area contributed by atoms with Gasteiger partial charge in [0.2, 0.25) is 0 Å². The van der Waals surface area contributed by atoms with Crippen LogP contribution in [0.1, 0.15) is 31.2 Å². The molecule has 2 saturated heterocycles. The summed E-state index contributed by atoms with van der Waals surface area (Å²) in [5, 5.41) is 11.3. The van der Waals surface area contributed by atoms with Gasteiger partial charge in [-0.05, 0) is 38.8 Å². The highest BCUT2D eigenvalue weighted by Gasteiger charge is 2.46. The SMILES string of the molecule is CN1[C@@H]2CC[C@H]1CC(O)(c1ccc(Cl)nc1)C2. The number of rotatable bonds is 1. The predicted octanol–water partition coefficient (Wildman–Crippen LogP) is 2.18. The first kappa shape index (κ1) is 11.5. The van der Waals surface area contributed by atoms with E-state index in [1.165, 1.54) is 12.8 Å². The van der Waals surface area contributed by atoms with Crippen molar-refractivity contribution >= 4 is 11.6 Å². The normalized spacial score (nSPS) is 37.4. The van der Waals surface area contributed by atoms with E-state index in [1.807, 2.05) is 6.07 Å². The van der Waals surface area contributed by atoms with Crippen LogP contribution in [-0.2, 0) is 5.60 Å². The Labute approximate surface area is 106 Å². The van der Waals surface area contributed by atoms with E-state index in [2.05, 4.69) is 16.9 Å². The van der Waals surface area contributed by atoms with Gasteiger partial charge in [0.1, 0.15) is 5.15 Å². The van der Waals surface area contributed by atoms with Crippen molar-refractivity contribution in [1.29, 1.82) is 0 Å². The minimum Gasteiger partial charge on any atom is -0.385 e. The van der Waals surface area contributed by atoms with Crippen LogP contribution in [0.15, 0.2) is 18.3 Å². The van der Waals surface area contributed by atoms with Crippen molar-refractivity contribution in [2.45, 2.75) is 43.4 Å². The Bertz CT molecular complexity index is 406. The number of aromatic nitrogens is 1. The monoisotopic (exact) mass is 252 g/mol. The van der Waals surface area contributed by atoms with Crippen LogP contribution in [0.3, 0.4) is 0 Å². The van der Waals surface area contributed by atoms with E-state index in [-0.39, 0.29) is 0 Å². The fourth-order valence-electron chi connectivity index (χ4n) is 3.33. The number of nitrogens with zero attached hydrogens (tertiary/aromatic N) is 2. The van der Waals surface area contributed by atoms with Gasteiger partial charge in [-0.1, -0.05) is 17.7 Å². The standard InChI is InChI=1S/C13H17ClN2O/c1-16-10-3-4-11(16)7-13(17,6-10)9-2-5-12(14)15-8-9/h2,5,8,10-11,17H,3-4,6-7H2,1H3/t10-,11+,13?. The van der Waals surface area contributed by atoms with Gasteiger partial charge in [-0.2, -0.15) is 0 Å². The predicted molar refractivity (Wildman–Crippen MR) is 67.0 cm³/mol. The topological polar surface area (TPSA) is 36.4 Å². The van der Waals surface area contributed by atoms with Crippen LogP contribution >= 0.6 is 11.6 Å². The lowest BCUT2D eigenvalue weighted by Gasteiger charge is -2.42. The summed E-state index contributed by atoms with van der Waals surface area (Å²) in [5.41, 5.74) is 0.197. The molecule has 2 aliphatic rings. The van der Waals surface area contributed by atoms with Crippen LogP contribution in [0.5, 0.6) is 0 Å². The van der Waals surface area contributed by atoms with Crippen molar-refractivity contribution in [3.05, 3.63) is 29.0 Å². The molecule has 0 spiro atoms. The molecule has 3 rings (SSSR count). The zero-order chi connectivity index (χ0) is 12.0. The van der Waals surface area contributed by atoms with Gasteiger partial charge >= 0.3 is 0 Å². The van der Waals surface area contributed by atoms with Gasteiger partial charge in [0.05, 0.1) is 5.60 Å². The average molecular weight is 253 g/mol. The summed E-state index contributed by atoms with van der Waals surface area (Å²) in [6.45, 7) is 0. The van der Waals surface area contributed by atoms with E-state index < -0.39 is 5.60 Å². The first-order valence-corrected chi connectivity index (χ1v) is 6.53. The van der Waals surface area contributed by atoms with Crippen LogP contribution in [-0.4, -0.2) is 34.1 Å². The lowest BCUT2D eigenvalue weighted by Crippen LogP contribution is -2.47. The average Bonchev–Trinajstić information content (AvgIpc) is 2.53. The molecule has 17 heavy (non-hydrogen) atoms. The highest BCUT2D eigenvalue weighted by molar-refractivity contribution is 6.29. The van der Waals surface area contributed by atoms with Gasteiger partial charge in [-0.3, -0.25) is 0 Å². The van der Waals surface area contributed by atoms with Crippen molar-refractivity contribution in [3.8, 4) is 0 Å². The van der Waals surface area contributed by atoms with Crippen molar-refractivity contribution in [3.63, 3.8) is 0 Å². The van der Waals surface area contributed by atoms with Crippen LogP contribution < -0.4 is 0 Å². The summed E-state index contributed by atoms with van der Waals surface area (Å²) in [4.78, 5) is 6.50. The molecule has 1 unspecified atom stereocenters. The smallest absolute Gasteiger partial charge is 0.129 e. The third kappa shape index (κ3) is 1.86. The quantitative estimate of drug-likeness (QED) is 0.779. The van der Waals surface area contributed by atoms with Crippen molar-refractivity contribution in [1.82, 2.24) is 9.88 Å². The molecule has 1 aromatic rings. The summed E-state index contributed by atoms with van der Waals surface area (Å²) in [5.74, 6) is 0. The minimum absolute atomic E-state index is 0.480. The van der Waals surface area contributed by atoms with Gasteiger partial charge in [-0.25, -0.2) is 4.98 Å². The molecule has 0 radical (unpaired) electrons. The Morgan fingerprint density at radius 1 is 1.35 bits per heavy atom. The lowest BCUT2D eigenvalue weighted by atomic mass is 9.81. The van der Waals surface area contributed by atoms with E-state index in [1.54, 1.807) is 12.3 Å². The number of hydrogen-bond acceptors (Lipinski definition) is 3. The number of pyridine rings is 1. The zero-order valence-electron chi connectivity index (χ0n) is 9.93. The van der Waals surface area contributed by atoms with Gasteiger partial charge in [0, 0.05) is 23.8 Å². The molecule has 4 heteroatoms. The summed E-state index contributed by atoms with van der Waals surface area (Å²) < 4.78 is 0. The maximum Gasteiger partial charge on any atom is 0.129 e. The maximum atomic E-state index is 10.8. The number of fused-ring (bicyclic) bond motifs is 2. The third-order valence-corrected chi connectivity index (χ3v) is 4.62. The van der Waals surface area contributed by atoms with Gasteiger partial charge in [0.25, 0.3) is 0 Å². The minimum atomic E-state index is -0.712. The molecular formula is C13H17ClN2O. The molecule has 0 saturated carbocycles. The van der Waals surface area contributed by atoms with Crippen LogP contribution in [0.2, 0.25) is 5.15 Å². The Balaban J connectivity index is 1.90. The first-order valence-electron chi connectivity index (χ1n) is 6.15. The van der Waals surface area contributed by atoms with Crippen LogP contribution in [0, 0.1) is 0 Å². The summed E-state index contributed by atoms with van der Waals surface area (Å²) in [6.07, 6.45) is 5.73. The molecule has 0 amide bonds. The Morgan fingerprint density at radius 3 is 2.53 bits per heavy atom. The first-order chi connectivity index (χ1) is 8.08. The lowest BCUT2D eigenvalue weighted by molar-refractivity contribution is -0.0495. The number of aliphatic hydroxyl groups is 1. The molecule has 1 aromatic heterocycles. The zero-order valence-corrected chi connectivity index (χ0v) is 10.7. The second kappa shape index (κ2) is 3.94. The molecule has 0 aromatic carbocycles. The Kier molecular flexibility index (Phi) is 2.65. The molecule has 1 N–H and O–H groups in total. The van der Waals surface area contributed by atoms with E-state index in [0.29, 0.717) is 17.2 Å². The molecule has 92 valence electrons. The summed E-state index contributed by atoms with van der Waals surface area (Å²) in [6, 6.07) is 4.68.